The summed E-state index contributed by atoms with van der Waals surface area (Å²) in [7, 11) is 0. The quantitative estimate of drug-likeness (QED) is 0.346. The Balaban J connectivity index is 1.60. The summed E-state index contributed by atoms with van der Waals surface area (Å²) in [6.45, 7) is 2.48. The molecule has 158 valence electrons. The molecule has 1 unspecified atom stereocenters. The topological polar surface area (TPSA) is 145 Å². The lowest BCUT2D eigenvalue weighted by Gasteiger charge is -2.16. The molecule has 29 heavy (non-hydrogen) atoms. The zero-order chi connectivity index (χ0) is 21.4. The Morgan fingerprint density at radius 1 is 0.966 bits per heavy atom. The Hall–Kier alpha value is -3.24. The molecule has 2 aliphatic rings. The third kappa shape index (κ3) is 6.40. The largest absolute Gasteiger partial charge is 0.347 e. The lowest BCUT2D eigenvalue weighted by Crippen LogP contribution is -2.47. The van der Waals surface area contributed by atoms with Crippen molar-refractivity contribution < 1.29 is 28.8 Å². The van der Waals surface area contributed by atoms with Crippen molar-refractivity contribution in [2.75, 3.05) is 32.7 Å². The molecule has 0 bridgehead atoms. The smallest absolute Gasteiger partial charge is 0.253 e. The van der Waals surface area contributed by atoms with Crippen molar-refractivity contribution in [1.29, 1.82) is 0 Å². The number of hydrogen-bond acceptors (Lipinski definition) is 6. The molecule has 1 atom stereocenters. The summed E-state index contributed by atoms with van der Waals surface area (Å²) in [4.78, 5) is 72.8. The summed E-state index contributed by atoms with van der Waals surface area (Å²) in [5.74, 6) is -2.65. The minimum Gasteiger partial charge on any atom is -0.347 e. The van der Waals surface area contributed by atoms with Gasteiger partial charge in [-0.15, -0.1) is 0 Å². The van der Waals surface area contributed by atoms with Crippen molar-refractivity contribution in [3.63, 3.8) is 0 Å². The van der Waals surface area contributed by atoms with Gasteiger partial charge in [-0.25, -0.2) is 0 Å². The maximum Gasteiger partial charge on any atom is 0.253 e. The van der Waals surface area contributed by atoms with Crippen LogP contribution in [0.1, 0.15) is 26.2 Å². The molecule has 2 rings (SSSR count). The van der Waals surface area contributed by atoms with Crippen molar-refractivity contribution >= 4 is 35.4 Å². The van der Waals surface area contributed by atoms with E-state index in [0.717, 1.165) is 23.5 Å². The molecule has 0 aromatic rings. The predicted octanol–water partition coefficient (Wildman–Crippen LogP) is -2.34. The summed E-state index contributed by atoms with van der Waals surface area (Å²) < 4.78 is 0. The van der Waals surface area contributed by atoms with E-state index in [1.807, 2.05) is 6.92 Å². The Morgan fingerprint density at radius 3 is 2.24 bits per heavy atom. The number of hydrogen-bond donors (Lipinski definition) is 3. The monoisotopic (exact) mass is 407 g/mol. The first-order valence-electron chi connectivity index (χ1n) is 9.47. The summed E-state index contributed by atoms with van der Waals surface area (Å²) in [5.41, 5.74) is 0. The van der Waals surface area contributed by atoms with Crippen LogP contribution in [0.5, 0.6) is 0 Å². The van der Waals surface area contributed by atoms with Crippen LogP contribution in [-0.2, 0) is 28.8 Å². The second-order valence-electron chi connectivity index (χ2n) is 6.70. The number of nitrogens with one attached hydrogen (secondary N) is 3. The Labute approximate surface area is 167 Å². The summed E-state index contributed by atoms with van der Waals surface area (Å²) in [6, 6.07) is -0.573. The first kappa shape index (κ1) is 22.1. The molecular formula is C18H25N5O6. The fourth-order valence-corrected chi connectivity index (χ4v) is 2.98. The molecule has 0 radical (unpaired) electrons. The van der Waals surface area contributed by atoms with Gasteiger partial charge in [0.2, 0.25) is 23.6 Å². The molecule has 0 aliphatic carbocycles. The molecule has 11 nitrogen and oxygen atoms in total. The van der Waals surface area contributed by atoms with Gasteiger partial charge in [0.05, 0.1) is 13.1 Å². The van der Waals surface area contributed by atoms with Gasteiger partial charge < -0.3 is 20.9 Å². The maximum absolute atomic E-state index is 12.1. The zero-order valence-electron chi connectivity index (χ0n) is 16.2. The molecule has 0 spiro atoms. The molecule has 1 fully saturated rings. The van der Waals surface area contributed by atoms with E-state index in [-0.39, 0.29) is 32.0 Å². The third-order valence-electron chi connectivity index (χ3n) is 4.48. The zero-order valence-corrected chi connectivity index (χ0v) is 16.2. The van der Waals surface area contributed by atoms with Crippen LogP contribution in [0.3, 0.4) is 0 Å². The van der Waals surface area contributed by atoms with Crippen molar-refractivity contribution in [1.82, 2.24) is 25.8 Å². The standard InChI is InChI=1S/C18H25N5O6/c1-2-7-22-8-5-12(18(22)29)21-15(26)11-20-14(25)10-19-13(24)6-9-23-16(27)3-4-17(23)28/h3-4,12H,2,5-11H2,1H3,(H,19,24)(H,20,25)(H,21,26). The normalized spacial score (nSPS) is 18.4. The van der Waals surface area contributed by atoms with Gasteiger partial charge in [-0.2, -0.15) is 0 Å². The van der Waals surface area contributed by atoms with Gasteiger partial charge >= 0.3 is 0 Å². The van der Waals surface area contributed by atoms with Crippen LogP contribution in [0, 0.1) is 0 Å². The van der Waals surface area contributed by atoms with Crippen molar-refractivity contribution in [2.24, 2.45) is 0 Å². The molecular weight excluding hydrogens is 382 g/mol. The minimum atomic E-state index is -0.575. The van der Waals surface area contributed by atoms with Gasteiger partial charge in [0, 0.05) is 38.2 Å². The van der Waals surface area contributed by atoms with Gasteiger partial charge in [0.25, 0.3) is 11.8 Å². The second kappa shape index (κ2) is 10.3. The van der Waals surface area contributed by atoms with Crippen molar-refractivity contribution in [3.8, 4) is 0 Å². The van der Waals surface area contributed by atoms with E-state index < -0.39 is 35.6 Å². The maximum atomic E-state index is 12.1. The molecule has 0 aromatic heterocycles. The summed E-state index contributed by atoms with van der Waals surface area (Å²) in [5, 5.41) is 7.29. The molecule has 6 amide bonds. The summed E-state index contributed by atoms with van der Waals surface area (Å²) >= 11 is 0. The van der Waals surface area contributed by atoms with Crippen molar-refractivity contribution in [3.05, 3.63) is 12.2 Å². The average Bonchev–Trinajstić information content (AvgIpc) is 3.19. The highest BCUT2D eigenvalue weighted by molar-refractivity contribution is 6.13. The number of imide groups is 1. The van der Waals surface area contributed by atoms with E-state index in [4.69, 9.17) is 0 Å². The van der Waals surface area contributed by atoms with Gasteiger partial charge in [0.1, 0.15) is 6.04 Å². The molecule has 11 heteroatoms. The minimum absolute atomic E-state index is 0.0784. The molecule has 3 N–H and O–H groups in total. The first-order valence-corrected chi connectivity index (χ1v) is 9.47. The van der Waals surface area contributed by atoms with E-state index >= 15 is 0 Å². The van der Waals surface area contributed by atoms with E-state index in [9.17, 15) is 28.8 Å². The fraction of sp³-hybridized carbons (Fsp3) is 0.556. The SMILES string of the molecule is CCCN1CCC(NC(=O)CNC(=O)CNC(=O)CCN2C(=O)C=CC2=O)C1=O. The van der Waals surface area contributed by atoms with Gasteiger partial charge in [-0.3, -0.25) is 33.7 Å². The Kier molecular flexibility index (Phi) is 7.87. The highest BCUT2D eigenvalue weighted by Gasteiger charge is 2.31. The van der Waals surface area contributed by atoms with Crippen LogP contribution in [0.2, 0.25) is 0 Å². The number of nitrogens with zero attached hydrogens (tertiary/aromatic N) is 2. The second-order valence-corrected chi connectivity index (χ2v) is 6.70. The van der Waals surface area contributed by atoms with E-state index in [0.29, 0.717) is 19.5 Å². The Bertz CT molecular complexity index is 716. The number of likely N-dealkylation sites (tertiary alicyclic amines) is 1. The lowest BCUT2D eigenvalue weighted by atomic mass is 10.2. The fourth-order valence-electron chi connectivity index (χ4n) is 2.98. The molecule has 2 heterocycles. The third-order valence-corrected chi connectivity index (χ3v) is 4.48. The van der Waals surface area contributed by atoms with E-state index in [1.165, 1.54) is 0 Å². The molecule has 0 saturated carbocycles. The van der Waals surface area contributed by atoms with E-state index in [1.54, 1.807) is 4.90 Å². The lowest BCUT2D eigenvalue weighted by molar-refractivity contribution is -0.137. The highest BCUT2D eigenvalue weighted by Crippen LogP contribution is 2.11. The summed E-state index contributed by atoms with van der Waals surface area (Å²) in [6.07, 6.45) is 3.49. The number of rotatable bonds is 10. The average molecular weight is 407 g/mol. The van der Waals surface area contributed by atoms with Crippen LogP contribution in [0.25, 0.3) is 0 Å². The molecule has 1 saturated heterocycles. The number of carbonyl (C=O) groups excluding carboxylic acids is 6. The van der Waals surface area contributed by atoms with Gasteiger partial charge in [-0.05, 0) is 12.8 Å². The molecule has 2 aliphatic heterocycles. The van der Waals surface area contributed by atoms with Crippen molar-refractivity contribution in [2.45, 2.75) is 32.2 Å². The van der Waals surface area contributed by atoms with E-state index in [2.05, 4.69) is 16.0 Å². The number of carbonyl (C=O) groups is 6. The molecule has 0 aromatic carbocycles. The number of amides is 6. The van der Waals surface area contributed by atoms with Crippen LogP contribution in [-0.4, -0.2) is 84.0 Å². The first-order chi connectivity index (χ1) is 13.8. The predicted molar refractivity (Wildman–Crippen MR) is 99.9 cm³/mol. The van der Waals surface area contributed by atoms with Crippen LogP contribution in [0.4, 0.5) is 0 Å². The highest BCUT2D eigenvalue weighted by atomic mass is 16.2. The van der Waals surface area contributed by atoms with Gasteiger partial charge in [0.15, 0.2) is 0 Å². The van der Waals surface area contributed by atoms with Crippen LogP contribution < -0.4 is 16.0 Å². The van der Waals surface area contributed by atoms with Crippen LogP contribution >= 0.6 is 0 Å². The Morgan fingerprint density at radius 2 is 1.59 bits per heavy atom. The van der Waals surface area contributed by atoms with Gasteiger partial charge in [-0.1, -0.05) is 6.92 Å². The van der Waals surface area contributed by atoms with Crippen LogP contribution in [0.15, 0.2) is 12.2 Å².